The summed E-state index contributed by atoms with van der Waals surface area (Å²) in [5, 5.41) is 0. The van der Waals surface area contributed by atoms with Crippen molar-refractivity contribution in [2.75, 3.05) is 39.8 Å². The van der Waals surface area contributed by atoms with Crippen molar-refractivity contribution in [3.05, 3.63) is 65.7 Å². The van der Waals surface area contributed by atoms with Gasteiger partial charge in [-0.1, -0.05) is 30.3 Å². The zero-order valence-corrected chi connectivity index (χ0v) is 19.4. The van der Waals surface area contributed by atoms with Crippen LogP contribution in [-0.4, -0.2) is 67.6 Å². The van der Waals surface area contributed by atoms with Gasteiger partial charge in [-0.2, -0.15) is 0 Å². The molecule has 2 fully saturated rings. The number of carbonyl (C=O) groups excluding carboxylic acids is 2. The third-order valence-electron chi connectivity index (χ3n) is 6.81. The highest BCUT2D eigenvalue weighted by atomic mass is 16.5. The molecule has 4 rings (SSSR count). The lowest BCUT2D eigenvalue weighted by atomic mass is 9.96. The van der Waals surface area contributed by atoms with Crippen LogP contribution in [0.25, 0.3) is 0 Å². The van der Waals surface area contributed by atoms with Gasteiger partial charge in [0, 0.05) is 38.3 Å². The Morgan fingerprint density at radius 2 is 1.55 bits per heavy atom. The van der Waals surface area contributed by atoms with Crippen molar-refractivity contribution in [1.29, 1.82) is 0 Å². The number of ether oxygens (including phenoxy) is 2. The number of rotatable bonds is 7. The maximum absolute atomic E-state index is 12.8. The smallest absolute Gasteiger partial charge is 0.308 e. The average Bonchev–Trinajstić information content (AvgIpc) is 2.88. The number of esters is 1. The molecule has 0 spiro atoms. The van der Waals surface area contributed by atoms with E-state index in [-0.39, 0.29) is 23.9 Å². The Labute approximate surface area is 196 Å². The molecule has 2 aliphatic heterocycles. The van der Waals surface area contributed by atoms with Gasteiger partial charge in [-0.05, 0) is 61.9 Å². The summed E-state index contributed by atoms with van der Waals surface area (Å²) in [6.07, 6.45) is 4.65. The van der Waals surface area contributed by atoms with E-state index in [0.717, 1.165) is 44.6 Å². The van der Waals surface area contributed by atoms with Gasteiger partial charge in [-0.3, -0.25) is 9.59 Å². The minimum atomic E-state index is -0.175. The van der Waals surface area contributed by atoms with E-state index in [2.05, 4.69) is 35.2 Å². The summed E-state index contributed by atoms with van der Waals surface area (Å²) in [6.45, 7) is 4.36. The highest BCUT2D eigenvalue weighted by molar-refractivity contribution is 5.94. The van der Waals surface area contributed by atoms with Crippen LogP contribution >= 0.6 is 0 Å². The number of likely N-dealkylation sites (tertiary alicyclic amines) is 2. The Kier molecular flexibility index (Phi) is 8.00. The first-order valence-electron chi connectivity index (χ1n) is 12.0. The predicted octanol–water partition coefficient (Wildman–Crippen LogP) is 3.80. The molecule has 0 unspecified atom stereocenters. The molecule has 2 saturated heterocycles. The normalized spacial score (nSPS) is 18.2. The van der Waals surface area contributed by atoms with E-state index in [1.54, 1.807) is 0 Å². The van der Waals surface area contributed by atoms with E-state index < -0.39 is 0 Å². The highest BCUT2D eigenvalue weighted by Gasteiger charge is 2.28. The van der Waals surface area contributed by atoms with Crippen molar-refractivity contribution < 1.29 is 19.1 Å². The quantitative estimate of drug-likeness (QED) is 0.601. The zero-order chi connectivity index (χ0) is 23.0. The second kappa shape index (κ2) is 11.3. The van der Waals surface area contributed by atoms with Crippen LogP contribution in [0.3, 0.4) is 0 Å². The Bertz CT molecular complexity index is 899. The minimum Gasteiger partial charge on any atom is -0.490 e. The second-order valence-electron chi connectivity index (χ2n) is 9.01. The van der Waals surface area contributed by atoms with Crippen LogP contribution in [0.2, 0.25) is 0 Å². The van der Waals surface area contributed by atoms with Gasteiger partial charge in [0.2, 0.25) is 0 Å². The summed E-state index contributed by atoms with van der Waals surface area (Å²) in [5.41, 5.74) is 2.05. The van der Waals surface area contributed by atoms with Crippen molar-refractivity contribution in [3.8, 4) is 5.75 Å². The van der Waals surface area contributed by atoms with E-state index >= 15 is 0 Å². The van der Waals surface area contributed by atoms with Crippen molar-refractivity contribution in [3.63, 3.8) is 0 Å². The molecule has 2 heterocycles. The molecule has 0 aliphatic carbocycles. The van der Waals surface area contributed by atoms with Crippen LogP contribution in [0.5, 0.6) is 5.75 Å². The number of piperidine rings is 2. The van der Waals surface area contributed by atoms with Gasteiger partial charge in [0.05, 0.1) is 13.0 Å². The number of carbonyl (C=O) groups is 2. The van der Waals surface area contributed by atoms with Gasteiger partial charge in [0.1, 0.15) is 11.9 Å². The Balaban J connectivity index is 1.20. The average molecular weight is 451 g/mol. The van der Waals surface area contributed by atoms with Gasteiger partial charge in [0.25, 0.3) is 5.91 Å². The van der Waals surface area contributed by atoms with Crippen LogP contribution in [0.15, 0.2) is 54.6 Å². The number of amides is 1. The summed E-state index contributed by atoms with van der Waals surface area (Å²) >= 11 is 0. The van der Waals surface area contributed by atoms with Crippen LogP contribution in [0, 0.1) is 5.92 Å². The van der Waals surface area contributed by atoms with Crippen LogP contribution in [0.1, 0.15) is 41.6 Å². The maximum Gasteiger partial charge on any atom is 0.308 e. The molecule has 0 saturated carbocycles. The fourth-order valence-electron chi connectivity index (χ4n) is 4.72. The second-order valence-corrected chi connectivity index (χ2v) is 9.01. The summed E-state index contributed by atoms with van der Waals surface area (Å²) in [5.74, 6) is 0.556. The molecule has 0 N–H and O–H groups in total. The van der Waals surface area contributed by atoms with Crippen molar-refractivity contribution in [1.82, 2.24) is 9.80 Å². The standard InChI is InChI=1S/C27H34N2O4/c1-32-27(31)23-12-19-29(20-13-23)26(30)22-7-9-24(10-8-22)33-25-14-17-28(18-15-25)16-11-21-5-3-2-4-6-21/h2-10,23,25H,11-20H2,1H3. The number of hydrogen-bond acceptors (Lipinski definition) is 5. The van der Waals surface area contributed by atoms with Crippen LogP contribution in [0.4, 0.5) is 0 Å². The fraction of sp³-hybridized carbons (Fsp3) is 0.481. The molecule has 176 valence electrons. The van der Waals surface area contributed by atoms with Gasteiger partial charge in [0.15, 0.2) is 0 Å². The lowest BCUT2D eigenvalue weighted by molar-refractivity contribution is -0.146. The highest BCUT2D eigenvalue weighted by Crippen LogP contribution is 2.23. The third kappa shape index (κ3) is 6.35. The largest absolute Gasteiger partial charge is 0.490 e. The van der Waals surface area contributed by atoms with Gasteiger partial charge in [-0.15, -0.1) is 0 Å². The number of benzene rings is 2. The van der Waals surface area contributed by atoms with Gasteiger partial charge < -0.3 is 19.3 Å². The van der Waals surface area contributed by atoms with Gasteiger partial charge in [-0.25, -0.2) is 0 Å². The topological polar surface area (TPSA) is 59.1 Å². The molecule has 2 aromatic carbocycles. The van der Waals surface area contributed by atoms with E-state index in [9.17, 15) is 9.59 Å². The van der Waals surface area contributed by atoms with Gasteiger partial charge >= 0.3 is 5.97 Å². The Morgan fingerprint density at radius 1 is 0.879 bits per heavy atom. The van der Waals surface area contributed by atoms with E-state index in [1.165, 1.54) is 12.7 Å². The molecule has 1 amide bonds. The molecule has 0 atom stereocenters. The van der Waals surface area contributed by atoms with E-state index in [1.807, 2.05) is 29.2 Å². The number of hydrogen-bond donors (Lipinski definition) is 0. The number of methoxy groups -OCH3 is 1. The summed E-state index contributed by atoms with van der Waals surface area (Å²) in [6, 6.07) is 18.1. The molecule has 0 aromatic heterocycles. The summed E-state index contributed by atoms with van der Waals surface area (Å²) < 4.78 is 11.0. The van der Waals surface area contributed by atoms with Crippen molar-refractivity contribution >= 4 is 11.9 Å². The lowest BCUT2D eigenvalue weighted by Crippen LogP contribution is -2.40. The van der Waals surface area contributed by atoms with E-state index in [4.69, 9.17) is 9.47 Å². The molecule has 6 nitrogen and oxygen atoms in total. The lowest BCUT2D eigenvalue weighted by Gasteiger charge is -2.32. The van der Waals surface area contributed by atoms with Crippen molar-refractivity contribution in [2.24, 2.45) is 5.92 Å². The summed E-state index contributed by atoms with van der Waals surface area (Å²) in [7, 11) is 1.42. The molecule has 6 heteroatoms. The summed E-state index contributed by atoms with van der Waals surface area (Å²) in [4.78, 5) is 28.8. The fourth-order valence-corrected chi connectivity index (χ4v) is 4.72. The van der Waals surface area contributed by atoms with Crippen LogP contribution in [-0.2, 0) is 16.0 Å². The predicted molar refractivity (Wildman–Crippen MR) is 127 cm³/mol. The molecule has 2 aliphatic rings. The molecular weight excluding hydrogens is 416 g/mol. The SMILES string of the molecule is COC(=O)C1CCN(C(=O)c2ccc(OC3CCN(CCc4ccccc4)CC3)cc2)CC1. The first-order valence-corrected chi connectivity index (χ1v) is 12.0. The maximum atomic E-state index is 12.8. The first kappa shape index (κ1) is 23.3. The molecule has 33 heavy (non-hydrogen) atoms. The number of nitrogens with zero attached hydrogens (tertiary/aromatic N) is 2. The molecule has 2 aromatic rings. The van der Waals surface area contributed by atoms with Crippen molar-refractivity contribution in [2.45, 2.75) is 38.2 Å². The van der Waals surface area contributed by atoms with Crippen LogP contribution < -0.4 is 4.74 Å². The van der Waals surface area contributed by atoms with E-state index in [0.29, 0.717) is 31.5 Å². The zero-order valence-electron chi connectivity index (χ0n) is 19.4. The molecule has 0 bridgehead atoms. The Hall–Kier alpha value is -2.86. The minimum absolute atomic E-state index is 0.0107. The third-order valence-corrected chi connectivity index (χ3v) is 6.81. The molecular formula is C27H34N2O4. The monoisotopic (exact) mass is 450 g/mol. The Morgan fingerprint density at radius 3 is 2.18 bits per heavy atom. The molecule has 0 radical (unpaired) electrons. The first-order chi connectivity index (χ1) is 16.1.